The first-order valence-corrected chi connectivity index (χ1v) is 11.0. The zero-order chi connectivity index (χ0) is 21.6. The zero-order valence-electron chi connectivity index (χ0n) is 16.8. The first kappa shape index (κ1) is 23.0. The number of carbonyl (C=O) groups is 4. The summed E-state index contributed by atoms with van der Waals surface area (Å²) < 4.78 is 9.98. The lowest BCUT2D eigenvalue weighted by Gasteiger charge is -2.16. The van der Waals surface area contributed by atoms with Crippen LogP contribution in [0.2, 0.25) is 0 Å². The molecule has 1 N–H and O–H groups in total. The van der Waals surface area contributed by atoms with Crippen molar-refractivity contribution in [3.63, 3.8) is 0 Å². The van der Waals surface area contributed by atoms with Gasteiger partial charge in [-0.15, -0.1) is 11.3 Å². The Morgan fingerprint density at radius 2 is 1.86 bits per heavy atom. The van der Waals surface area contributed by atoms with Gasteiger partial charge < -0.3 is 14.8 Å². The highest BCUT2D eigenvalue weighted by molar-refractivity contribution is 8.04. The van der Waals surface area contributed by atoms with Crippen LogP contribution in [0.15, 0.2) is 11.1 Å². The molecule has 0 radical (unpaired) electrons. The van der Waals surface area contributed by atoms with E-state index in [1.54, 1.807) is 13.8 Å². The maximum atomic E-state index is 12.6. The molecule has 29 heavy (non-hydrogen) atoms. The molecule has 2 heterocycles. The van der Waals surface area contributed by atoms with Crippen molar-refractivity contribution in [1.29, 1.82) is 0 Å². The van der Waals surface area contributed by atoms with Crippen LogP contribution in [0, 0.1) is 6.92 Å². The van der Waals surface area contributed by atoms with Crippen LogP contribution in [0.1, 0.15) is 41.6 Å². The number of amides is 2. The van der Waals surface area contributed by atoms with Crippen LogP contribution in [-0.2, 0) is 30.3 Å². The van der Waals surface area contributed by atoms with Gasteiger partial charge in [-0.3, -0.25) is 14.5 Å². The number of nitrogens with zero attached hydrogens (tertiary/aromatic N) is 1. The topological polar surface area (TPSA) is 102 Å². The fraction of sp³-hybridized carbons (Fsp3) is 0.474. The highest BCUT2D eigenvalue weighted by atomic mass is 32.2. The first-order chi connectivity index (χ1) is 13.8. The Hall–Kier alpha value is -2.33. The molecule has 0 bridgehead atoms. The van der Waals surface area contributed by atoms with E-state index in [0.717, 1.165) is 10.4 Å². The second-order valence-electron chi connectivity index (χ2n) is 5.98. The van der Waals surface area contributed by atoms with Gasteiger partial charge in [0.25, 0.3) is 0 Å². The summed E-state index contributed by atoms with van der Waals surface area (Å²) in [5.41, 5.74) is 1.12. The first-order valence-electron chi connectivity index (χ1n) is 9.23. The molecule has 0 aliphatic carbocycles. The van der Waals surface area contributed by atoms with E-state index in [1.165, 1.54) is 34.1 Å². The Morgan fingerprint density at radius 3 is 2.48 bits per heavy atom. The van der Waals surface area contributed by atoms with E-state index >= 15 is 0 Å². The second-order valence-corrected chi connectivity index (χ2v) is 8.08. The van der Waals surface area contributed by atoms with Crippen LogP contribution in [0.4, 0.5) is 5.00 Å². The van der Waals surface area contributed by atoms with Crippen LogP contribution in [0.25, 0.3) is 0 Å². The molecule has 1 saturated heterocycles. The molecule has 1 aliphatic heterocycles. The number of hydrogen-bond donors (Lipinski definition) is 1. The summed E-state index contributed by atoms with van der Waals surface area (Å²) >= 11 is 2.49. The Bertz CT molecular complexity index is 846. The fourth-order valence-electron chi connectivity index (χ4n) is 2.73. The fourth-order valence-corrected chi connectivity index (χ4v) is 4.81. The van der Waals surface area contributed by atoms with Crippen LogP contribution in [0.3, 0.4) is 0 Å². The summed E-state index contributed by atoms with van der Waals surface area (Å²) in [6.45, 7) is 7.36. The van der Waals surface area contributed by atoms with E-state index in [0.29, 0.717) is 22.0 Å². The summed E-state index contributed by atoms with van der Waals surface area (Å²) in [4.78, 5) is 51.0. The normalized spacial score (nSPS) is 15.0. The number of anilines is 1. The SMILES string of the molecule is CCOC(=O)/C=C1/SCC(=O)N1CC(=O)Nc1sc(CC)c(C)c1C(=O)OCC. The van der Waals surface area contributed by atoms with Gasteiger partial charge in [0.15, 0.2) is 0 Å². The monoisotopic (exact) mass is 440 g/mol. The van der Waals surface area contributed by atoms with Gasteiger partial charge in [-0.2, -0.15) is 0 Å². The third-order valence-corrected chi connectivity index (χ3v) is 6.42. The molecular formula is C19H24N2O6S2. The summed E-state index contributed by atoms with van der Waals surface area (Å²) in [5.74, 6) is -1.66. The lowest BCUT2D eigenvalue weighted by molar-refractivity contribution is -0.137. The molecule has 0 saturated carbocycles. The van der Waals surface area contributed by atoms with Crippen molar-refractivity contribution < 1.29 is 28.7 Å². The average Bonchev–Trinajstić information content (AvgIpc) is 3.15. The van der Waals surface area contributed by atoms with Gasteiger partial charge in [-0.25, -0.2) is 9.59 Å². The summed E-state index contributed by atoms with van der Waals surface area (Å²) in [6, 6.07) is 0. The summed E-state index contributed by atoms with van der Waals surface area (Å²) in [6.07, 6.45) is 1.92. The Morgan fingerprint density at radius 1 is 1.17 bits per heavy atom. The molecule has 1 fully saturated rings. The van der Waals surface area contributed by atoms with Gasteiger partial charge >= 0.3 is 11.9 Å². The maximum absolute atomic E-state index is 12.6. The van der Waals surface area contributed by atoms with E-state index in [4.69, 9.17) is 9.47 Å². The minimum Gasteiger partial charge on any atom is -0.463 e. The van der Waals surface area contributed by atoms with Gasteiger partial charge in [0.2, 0.25) is 11.8 Å². The third-order valence-electron chi connectivity index (χ3n) is 4.04. The zero-order valence-corrected chi connectivity index (χ0v) is 18.5. The van der Waals surface area contributed by atoms with Crippen molar-refractivity contribution in [2.75, 3.05) is 30.8 Å². The van der Waals surface area contributed by atoms with Crippen molar-refractivity contribution in [2.24, 2.45) is 0 Å². The predicted octanol–water partition coefficient (Wildman–Crippen LogP) is 2.71. The highest BCUT2D eigenvalue weighted by Crippen LogP contribution is 2.34. The van der Waals surface area contributed by atoms with Crippen molar-refractivity contribution in [2.45, 2.75) is 34.1 Å². The molecule has 158 valence electrons. The molecule has 0 spiro atoms. The molecule has 2 amide bonds. The van der Waals surface area contributed by atoms with Gasteiger partial charge in [-0.1, -0.05) is 18.7 Å². The lowest BCUT2D eigenvalue weighted by atomic mass is 10.1. The second kappa shape index (κ2) is 10.4. The van der Waals surface area contributed by atoms with Crippen LogP contribution >= 0.6 is 23.1 Å². The van der Waals surface area contributed by atoms with Crippen molar-refractivity contribution in [1.82, 2.24) is 4.90 Å². The summed E-state index contributed by atoms with van der Waals surface area (Å²) in [7, 11) is 0. The Labute approximate surface area is 177 Å². The van der Waals surface area contributed by atoms with Crippen molar-refractivity contribution in [3.05, 3.63) is 27.1 Å². The highest BCUT2D eigenvalue weighted by Gasteiger charge is 2.30. The summed E-state index contributed by atoms with van der Waals surface area (Å²) in [5, 5.41) is 3.49. The number of hydrogen-bond acceptors (Lipinski definition) is 8. The maximum Gasteiger partial charge on any atom is 0.341 e. The van der Waals surface area contributed by atoms with E-state index in [1.807, 2.05) is 13.8 Å². The number of rotatable bonds is 8. The minimum atomic E-state index is -0.568. The molecule has 0 aromatic carbocycles. The van der Waals surface area contributed by atoms with Crippen molar-refractivity contribution in [3.8, 4) is 0 Å². The van der Waals surface area contributed by atoms with E-state index in [9.17, 15) is 19.2 Å². The van der Waals surface area contributed by atoms with E-state index in [2.05, 4.69) is 5.32 Å². The number of thioether (sulfide) groups is 1. The number of esters is 2. The largest absolute Gasteiger partial charge is 0.463 e. The molecule has 1 aliphatic rings. The quantitative estimate of drug-likeness (QED) is 0.490. The number of ether oxygens (including phenoxy) is 2. The molecule has 2 rings (SSSR count). The van der Waals surface area contributed by atoms with Crippen LogP contribution < -0.4 is 5.32 Å². The predicted molar refractivity (Wildman–Crippen MR) is 112 cm³/mol. The average molecular weight is 441 g/mol. The molecule has 1 aromatic heterocycles. The van der Waals surface area contributed by atoms with Gasteiger partial charge in [0.1, 0.15) is 11.5 Å². The van der Waals surface area contributed by atoms with E-state index in [-0.39, 0.29) is 31.4 Å². The Kier molecular flexibility index (Phi) is 8.27. The number of aryl methyl sites for hydroxylation is 1. The van der Waals surface area contributed by atoms with Crippen LogP contribution in [-0.4, -0.2) is 54.2 Å². The van der Waals surface area contributed by atoms with E-state index < -0.39 is 17.8 Å². The number of carbonyl (C=O) groups excluding carboxylic acids is 4. The molecule has 1 aromatic rings. The standard InChI is InChI=1S/C19H24N2O6S2/c1-5-12-11(4)17(19(25)27-7-3)18(29-12)20-13(22)9-21-14(23)10-28-15(21)8-16(24)26-6-2/h8H,5-7,9-10H2,1-4H3,(H,20,22)/b15-8+. The molecule has 0 unspecified atom stereocenters. The molecule has 10 heteroatoms. The van der Waals surface area contributed by atoms with Crippen molar-refractivity contribution >= 4 is 51.9 Å². The molecular weight excluding hydrogens is 416 g/mol. The van der Waals surface area contributed by atoms with Crippen LogP contribution in [0.5, 0.6) is 0 Å². The van der Waals surface area contributed by atoms with Gasteiger partial charge in [-0.05, 0) is 32.8 Å². The number of nitrogens with one attached hydrogen (secondary N) is 1. The Balaban J connectivity index is 2.19. The number of thiophene rings is 1. The lowest BCUT2D eigenvalue weighted by Crippen LogP contribution is -2.34. The van der Waals surface area contributed by atoms with Gasteiger partial charge in [0, 0.05) is 4.88 Å². The third kappa shape index (κ3) is 5.60. The smallest absolute Gasteiger partial charge is 0.341 e. The molecule has 8 nitrogen and oxygen atoms in total. The van der Waals surface area contributed by atoms with Gasteiger partial charge in [0.05, 0.1) is 35.6 Å². The minimum absolute atomic E-state index is 0.144. The molecule has 0 atom stereocenters.